The first kappa shape index (κ1) is 12.1. The van der Waals surface area contributed by atoms with E-state index in [1.165, 1.54) is 5.56 Å². The largest absolute Gasteiger partial charge is 0.497 e. The van der Waals surface area contributed by atoms with Crippen molar-refractivity contribution >= 4 is 0 Å². The van der Waals surface area contributed by atoms with Gasteiger partial charge in [0.1, 0.15) is 5.75 Å². The molecule has 84 valence electrons. The summed E-state index contributed by atoms with van der Waals surface area (Å²) in [6.07, 6.45) is 0. The summed E-state index contributed by atoms with van der Waals surface area (Å²) >= 11 is 0. The summed E-state index contributed by atoms with van der Waals surface area (Å²) in [6, 6.07) is 8.55. The second-order valence-corrected chi connectivity index (χ2v) is 4.89. The molecule has 1 rings (SSSR count). The van der Waals surface area contributed by atoms with Gasteiger partial charge in [-0.05, 0) is 45.4 Å². The van der Waals surface area contributed by atoms with Crippen molar-refractivity contribution in [1.82, 2.24) is 5.32 Å². The first-order chi connectivity index (χ1) is 6.92. The van der Waals surface area contributed by atoms with Crippen molar-refractivity contribution in [2.45, 2.75) is 39.3 Å². The zero-order valence-electron chi connectivity index (χ0n) is 10.3. The SMILES string of the molecule is COc1ccc([C@H](C)NC(C)(C)C)cc1. The van der Waals surface area contributed by atoms with Gasteiger partial charge in [-0.2, -0.15) is 0 Å². The summed E-state index contributed by atoms with van der Waals surface area (Å²) in [5, 5.41) is 3.53. The maximum Gasteiger partial charge on any atom is 0.118 e. The molecule has 0 heterocycles. The van der Waals surface area contributed by atoms with Crippen LogP contribution in [-0.4, -0.2) is 12.6 Å². The summed E-state index contributed by atoms with van der Waals surface area (Å²) in [5.41, 5.74) is 1.42. The van der Waals surface area contributed by atoms with E-state index in [1.54, 1.807) is 7.11 Å². The zero-order chi connectivity index (χ0) is 11.5. The van der Waals surface area contributed by atoms with Crippen LogP contribution in [0.1, 0.15) is 39.3 Å². The molecule has 0 aliphatic carbocycles. The second-order valence-electron chi connectivity index (χ2n) is 4.89. The topological polar surface area (TPSA) is 21.3 Å². The lowest BCUT2D eigenvalue weighted by molar-refractivity contribution is 0.377. The summed E-state index contributed by atoms with van der Waals surface area (Å²) < 4.78 is 5.13. The van der Waals surface area contributed by atoms with Crippen LogP contribution >= 0.6 is 0 Å². The van der Waals surface area contributed by atoms with Gasteiger partial charge in [0, 0.05) is 11.6 Å². The smallest absolute Gasteiger partial charge is 0.118 e. The van der Waals surface area contributed by atoms with Gasteiger partial charge < -0.3 is 10.1 Å². The summed E-state index contributed by atoms with van der Waals surface area (Å²) in [7, 11) is 1.69. The van der Waals surface area contributed by atoms with Gasteiger partial charge in [0.15, 0.2) is 0 Å². The molecule has 0 aromatic heterocycles. The van der Waals surface area contributed by atoms with E-state index in [-0.39, 0.29) is 5.54 Å². The van der Waals surface area contributed by atoms with Crippen LogP contribution in [0.4, 0.5) is 0 Å². The molecule has 0 fully saturated rings. The molecule has 0 radical (unpaired) electrons. The molecule has 1 aromatic carbocycles. The highest BCUT2D eigenvalue weighted by molar-refractivity contribution is 5.28. The van der Waals surface area contributed by atoms with E-state index in [9.17, 15) is 0 Å². The Morgan fingerprint density at radius 2 is 1.67 bits per heavy atom. The van der Waals surface area contributed by atoms with Crippen LogP contribution in [0.15, 0.2) is 24.3 Å². The average Bonchev–Trinajstić information content (AvgIpc) is 2.15. The molecule has 0 saturated heterocycles. The maximum atomic E-state index is 5.13. The van der Waals surface area contributed by atoms with Crippen molar-refractivity contribution in [2.75, 3.05) is 7.11 Å². The molecule has 0 bridgehead atoms. The number of methoxy groups -OCH3 is 1. The molecule has 1 aromatic rings. The number of rotatable bonds is 3. The lowest BCUT2D eigenvalue weighted by atomic mass is 10.0. The van der Waals surface area contributed by atoms with Crippen LogP contribution in [0.3, 0.4) is 0 Å². The Morgan fingerprint density at radius 3 is 2.07 bits per heavy atom. The van der Waals surface area contributed by atoms with Crippen molar-refractivity contribution in [3.63, 3.8) is 0 Å². The Morgan fingerprint density at radius 1 is 1.13 bits per heavy atom. The fourth-order valence-electron chi connectivity index (χ4n) is 1.63. The summed E-state index contributed by atoms with van der Waals surface area (Å²) in [6.45, 7) is 8.69. The van der Waals surface area contributed by atoms with Crippen LogP contribution in [-0.2, 0) is 0 Å². The number of benzene rings is 1. The third kappa shape index (κ3) is 3.92. The van der Waals surface area contributed by atoms with Gasteiger partial charge in [-0.25, -0.2) is 0 Å². The lowest BCUT2D eigenvalue weighted by Crippen LogP contribution is -2.37. The van der Waals surface area contributed by atoms with Crippen LogP contribution in [0.5, 0.6) is 5.75 Å². The molecule has 15 heavy (non-hydrogen) atoms. The summed E-state index contributed by atoms with van der Waals surface area (Å²) in [5.74, 6) is 0.904. The van der Waals surface area contributed by atoms with Crippen molar-refractivity contribution in [1.29, 1.82) is 0 Å². The van der Waals surface area contributed by atoms with Gasteiger partial charge in [0.2, 0.25) is 0 Å². The Balaban J connectivity index is 2.70. The molecule has 0 amide bonds. The maximum absolute atomic E-state index is 5.13. The molecule has 2 nitrogen and oxygen atoms in total. The lowest BCUT2D eigenvalue weighted by Gasteiger charge is -2.26. The highest BCUT2D eigenvalue weighted by atomic mass is 16.5. The van der Waals surface area contributed by atoms with E-state index < -0.39 is 0 Å². The van der Waals surface area contributed by atoms with E-state index in [0.717, 1.165) is 5.75 Å². The number of ether oxygens (including phenoxy) is 1. The van der Waals surface area contributed by atoms with E-state index >= 15 is 0 Å². The van der Waals surface area contributed by atoms with Crippen LogP contribution in [0, 0.1) is 0 Å². The zero-order valence-corrected chi connectivity index (χ0v) is 10.3. The molecule has 2 heteroatoms. The Kier molecular flexibility index (Phi) is 3.75. The Labute approximate surface area is 92.6 Å². The standard InChI is InChI=1S/C13H21NO/c1-10(14-13(2,3)4)11-6-8-12(15-5)9-7-11/h6-10,14H,1-5H3/t10-/m0/s1. The quantitative estimate of drug-likeness (QED) is 0.822. The number of hydrogen-bond donors (Lipinski definition) is 1. The Bertz CT molecular complexity index is 297. The predicted octanol–water partition coefficient (Wildman–Crippen LogP) is 3.14. The molecule has 0 unspecified atom stereocenters. The predicted molar refractivity (Wildman–Crippen MR) is 64.3 cm³/mol. The molecular formula is C13H21NO. The van der Waals surface area contributed by atoms with Gasteiger partial charge in [0.25, 0.3) is 0 Å². The summed E-state index contributed by atoms with van der Waals surface area (Å²) in [4.78, 5) is 0. The van der Waals surface area contributed by atoms with E-state index in [4.69, 9.17) is 4.74 Å². The minimum Gasteiger partial charge on any atom is -0.497 e. The average molecular weight is 207 g/mol. The first-order valence-corrected chi connectivity index (χ1v) is 5.34. The molecule has 1 N–H and O–H groups in total. The van der Waals surface area contributed by atoms with Gasteiger partial charge in [-0.3, -0.25) is 0 Å². The van der Waals surface area contributed by atoms with Crippen molar-refractivity contribution in [3.05, 3.63) is 29.8 Å². The van der Waals surface area contributed by atoms with Gasteiger partial charge in [-0.1, -0.05) is 12.1 Å². The Hall–Kier alpha value is -1.02. The molecule has 0 aliphatic heterocycles. The molecule has 0 aliphatic rings. The van der Waals surface area contributed by atoms with Crippen molar-refractivity contribution < 1.29 is 4.74 Å². The van der Waals surface area contributed by atoms with Crippen LogP contribution in [0.2, 0.25) is 0 Å². The molecule has 1 atom stereocenters. The van der Waals surface area contributed by atoms with E-state index in [1.807, 2.05) is 12.1 Å². The van der Waals surface area contributed by atoms with E-state index in [2.05, 4.69) is 45.1 Å². The first-order valence-electron chi connectivity index (χ1n) is 5.34. The minimum absolute atomic E-state index is 0.138. The minimum atomic E-state index is 0.138. The third-order valence-corrected chi connectivity index (χ3v) is 2.27. The van der Waals surface area contributed by atoms with Crippen molar-refractivity contribution in [2.24, 2.45) is 0 Å². The molecule has 0 saturated carbocycles. The fraction of sp³-hybridized carbons (Fsp3) is 0.538. The monoisotopic (exact) mass is 207 g/mol. The van der Waals surface area contributed by atoms with Crippen LogP contribution in [0.25, 0.3) is 0 Å². The van der Waals surface area contributed by atoms with E-state index in [0.29, 0.717) is 6.04 Å². The third-order valence-electron chi connectivity index (χ3n) is 2.27. The van der Waals surface area contributed by atoms with Gasteiger partial charge in [-0.15, -0.1) is 0 Å². The van der Waals surface area contributed by atoms with Gasteiger partial charge in [0.05, 0.1) is 7.11 Å². The molecule has 0 spiro atoms. The van der Waals surface area contributed by atoms with Crippen LogP contribution < -0.4 is 10.1 Å². The normalized spacial score (nSPS) is 13.7. The number of nitrogens with one attached hydrogen (secondary N) is 1. The van der Waals surface area contributed by atoms with Gasteiger partial charge >= 0.3 is 0 Å². The highest BCUT2D eigenvalue weighted by Gasteiger charge is 2.14. The van der Waals surface area contributed by atoms with Crippen molar-refractivity contribution in [3.8, 4) is 5.75 Å². The number of hydrogen-bond acceptors (Lipinski definition) is 2. The molecular weight excluding hydrogens is 186 g/mol. The highest BCUT2D eigenvalue weighted by Crippen LogP contribution is 2.19. The second kappa shape index (κ2) is 4.67. The fourth-order valence-corrected chi connectivity index (χ4v) is 1.63.